The van der Waals surface area contributed by atoms with Gasteiger partial charge in [0, 0.05) is 11.6 Å². The molecule has 1 rings (SSSR count). The fraction of sp³-hybridized carbons (Fsp3) is 0.364. The van der Waals surface area contributed by atoms with Crippen LogP contribution in [0.15, 0.2) is 24.3 Å². The van der Waals surface area contributed by atoms with Crippen molar-refractivity contribution in [2.24, 2.45) is 0 Å². The number of benzene rings is 1. The third-order valence-corrected chi connectivity index (χ3v) is 2.16. The monoisotopic (exact) mass is 212 g/mol. The van der Waals surface area contributed by atoms with Crippen LogP contribution >= 0.6 is 11.6 Å². The smallest absolute Gasteiger partial charge is 0.0914 e. The summed E-state index contributed by atoms with van der Waals surface area (Å²) in [6, 6.07) is 7.27. The molecule has 77 valence electrons. The van der Waals surface area contributed by atoms with Crippen LogP contribution in [0.2, 0.25) is 5.02 Å². The van der Waals surface area contributed by atoms with Gasteiger partial charge in [-0.05, 0) is 30.7 Å². The summed E-state index contributed by atoms with van der Waals surface area (Å²) < 4.78 is 0. The molecule has 1 atom stereocenters. The highest BCUT2D eigenvalue weighted by molar-refractivity contribution is 6.30. The Morgan fingerprint density at radius 3 is 2.93 bits per heavy atom. The number of rotatable bonds is 5. The van der Waals surface area contributed by atoms with Crippen molar-refractivity contribution < 1.29 is 5.11 Å². The summed E-state index contributed by atoms with van der Waals surface area (Å²) in [6.07, 6.45) is 0.322. The van der Waals surface area contributed by atoms with E-state index < -0.39 is 6.10 Å². The molecule has 14 heavy (non-hydrogen) atoms. The quantitative estimate of drug-likeness (QED) is 0.734. The maximum absolute atomic E-state index is 9.73. The zero-order valence-corrected chi connectivity index (χ0v) is 8.80. The van der Waals surface area contributed by atoms with Crippen molar-refractivity contribution in [1.82, 2.24) is 5.32 Å². The van der Waals surface area contributed by atoms with Crippen molar-refractivity contribution in [2.45, 2.75) is 12.5 Å². The van der Waals surface area contributed by atoms with E-state index in [0.717, 1.165) is 18.5 Å². The van der Waals surface area contributed by atoms with Crippen LogP contribution in [-0.4, -0.2) is 18.2 Å². The standard InChI is InChI=1S/C11H15ClNO/c1-2-6-13-8-11(14)9-4-3-5-10(12)7-9/h3-5,7,11,13-14H,1-2,6,8H2. The molecule has 0 amide bonds. The molecular formula is C11H15ClNO. The molecule has 0 aliphatic carbocycles. The fourth-order valence-corrected chi connectivity index (χ4v) is 1.39. The number of halogens is 1. The molecular weight excluding hydrogens is 198 g/mol. The van der Waals surface area contributed by atoms with Gasteiger partial charge in [-0.3, -0.25) is 0 Å². The lowest BCUT2D eigenvalue weighted by Gasteiger charge is -2.11. The number of aliphatic hydroxyl groups is 1. The Labute approximate surface area is 89.9 Å². The van der Waals surface area contributed by atoms with E-state index in [1.54, 1.807) is 12.1 Å². The predicted octanol–water partition coefficient (Wildman–Crippen LogP) is 2.19. The highest BCUT2D eigenvalue weighted by Crippen LogP contribution is 2.16. The molecule has 2 N–H and O–H groups in total. The summed E-state index contributed by atoms with van der Waals surface area (Å²) in [4.78, 5) is 0. The molecule has 1 unspecified atom stereocenters. The molecule has 0 aromatic heterocycles. The van der Waals surface area contributed by atoms with Gasteiger partial charge >= 0.3 is 0 Å². The van der Waals surface area contributed by atoms with Gasteiger partial charge in [0.1, 0.15) is 0 Å². The molecule has 0 aliphatic rings. The van der Waals surface area contributed by atoms with E-state index in [-0.39, 0.29) is 0 Å². The van der Waals surface area contributed by atoms with Crippen molar-refractivity contribution in [1.29, 1.82) is 0 Å². The van der Waals surface area contributed by atoms with Crippen LogP contribution in [0.25, 0.3) is 0 Å². The third kappa shape index (κ3) is 3.66. The second-order valence-electron chi connectivity index (χ2n) is 3.13. The van der Waals surface area contributed by atoms with Crippen LogP contribution < -0.4 is 5.32 Å². The first kappa shape index (κ1) is 11.5. The van der Waals surface area contributed by atoms with Crippen molar-refractivity contribution in [3.8, 4) is 0 Å². The number of nitrogens with one attached hydrogen (secondary N) is 1. The van der Waals surface area contributed by atoms with E-state index in [4.69, 9.17) is 11.6 Å². The molecule has 0 aliphatic heterocycles. The van der Waals surface area contributed by atoms with E-state index in [1.807, 2.05) is 12.1 Å². The molecule has 0 saturated carbocycles. The van der Waals surface area contributed by atoms with Gasteiger partial charge in [-0.25, -0.2) is 0 Å². The molecule has 1 radical (unpaired) electrons. The molecule has 0 bridgehead atoms. The first-order chi connectivity index (χ1) is 6.74. The van der Waals surface area contributed by atoms with Gasteiger partial charge in [0.2, 0.25) is 0 Å². The van der Waals surface area contributed by atoms with E-state index in [9.17, 15) is 5.11 Å². The minimum absolute atomic E-state index is 0.500. The van der Waals surface area contributed by atoms with Crippen LogP contribution in [0.1, 0.15) is 18.1 Å². The molecule has 2 nitrogen and oxygen atoms in total. The Morgan fingerprint density at radius 1 is 1.50 bits per heavy atom. The molecule has 0 spiro atoms. The van der Waals surface area contributed by atoms with E-state index in [2.05, 4.69) is 12.2 Å². The molecule has 3 heteroatoms. The second-order valence-corrected chi connectivity index (χ2v) is 3.56. The Hall–Kier alpha value is -0.570. The van der Waals surface area contributed by atoms with Crippen LogP contribution in [0, 0.1) is 6.92 Å². The fourth-order valence-electron chi connectivity index (χ4n) is 1.20. The summed E-state index contributed by atoms with van der Waals surface area (Å²) in [5.41, 5.74) is 0.842. The van der Waals surface area contributed by atoms with Gasteiger partial charge in [0.25, 0.3) is 0 Å². The van der Waals surface area contributed by atoms with Gasteiger partial charge in [0.15, 0.2) is 0 Å². The van der Waals surface area contributed by atoms with Crippen molar-refractivity contribution in [3.05, 3.63) is 41.8 Å². The van der Waals surface area contributed by atoms with Crippen molar-refractivity contribution >= 4 is 11.6 Å². The lowest BCUT2D eigenvalue weighted by atomic mass is 10.1. The van der Waals surface area contributed by atoms with Crippen LogP contribution in [-0.2, 0) is 0 Å². The first-order valence-electron chi connectivity index (χ1n) is 4.67. The molecule has 1 aromatic carbocycles. The summed E-state index contributed by atoms with van der Waals surface area (Å²) in [5.74, 6) is 0. The topological polar surface area (TPSA) is 32.3 Å². The summed E-state index contributed by atoms with van der Waals surface area (Å²) in [7, 11) is 0. The zero-order valence-electron chi connectivity index (χ0n) is 8.04. The number of hydrogen-bond acceptors (Lipinski definition) is 2. The first-order valence-corrected chi connectivity index (χ1v) is 5.05. The van der Waals surface area contributed by atoms with E-state index in [0.29, 0.717) is 11.6 Å². The maximum atomic E-state index is 9.73. The lowest BCUT2D eigenvalue weighted by molar-refractivity contribution is 0.175. The largest absolute Gasteiger partial charge is 0.387 e. The normalized spacial score (nSPS) is 12.8. The SMILES string of the molecule is [CH2]CCNCC(O)c1cccc(Cl)c1. The highest BCUT2D eigenvalue weighted by Gasteiger charge is 2.06. The van der Waals surface area contributed by atoms with Gasteiger partial charge in [-0.2, -0.15) is 0 Å². The van der Waals surface area contributed by atoms with Crippen molar-refractivity contribution in [2.75, 3.05) is 13.1 Å². The summed E-state index contributed by atoms with van der Waals surface area (Å²) >= 11 is 5.81. The minimum Gasteiger partial charge on any atom is -0.387 e. The Balaban J connectivity index is 2.47. The molecule has 0 saturated heterocycles. The summed E-state index contributed by atoms with van der Waals surface area (Å²) in [6.45, 7) is 5.06. The van der Waals surface area contributed by atoms with E-state index in [1.165, 1.54) is 0 Å². The number of hydrogen-bond donors (Lipinski definition) is 2. The minimum atomic E-state index is -0.500. The highest BCUT2D eigenvalue weighted by atomic mass is 35.5. The molecule has 1 aromatic rings. The van der Waals surface area contributed by atoms with Crippen LogP contribution in [0.4, 0.5) is 0 Å². The van der Waals surface area contributed by atoms with Crippen LogP contribution in [0.3, 0.4) is 0 Å². The molecule has 0 fully saturated rings. The zero-order chi connectivity index (χ0) is 10.4. The Morgan fingerprint density at radius 2 is 2.29 bits per heavy atom. The third-order valence-electron chi connectivity index (χ3n) is 1.92. The Kier molecular flexibility index (Phi) is 4.94. The Bertz CT molecular complexity index is 278. The lowest BCUT2D eigenvalue weighted by Crippen LogP contribution is -2.22. The molecule has 0 heterocycles. The van der Waals surface area contributed by atoms with Gasteiger partial charge in [0.05, 0.1) is 6.10 Å². The summed E-state index contributed by atoms with van der Waals surface area (Å²) in [5, 5.41) is 13.5. The van der Waals surface area contributed by atoms with Gasteiger partial charge < -0.3 is 10.4 Å². The van der Waals surface area contributed by atoms with Crippen LogP contribution in [0.5, 0.6) is 0 Å². The second kappa shape index (κ2) is 6.02. The average molecular weight is 213 g/mol. The van der Waals surface area contributed by atoms with Gasteiger partial charge in [-0.15, -0.1) is 0 Å². The van der Waals surface area contributed by atoms with Crippen molar-refractivity contribution in [3.63, 3.8) is 0 Å². The predicted molar refractivity (Wildman–Crippen MR) is 59.3 cm³/mol. The van der Waals surface area contributed by atoms with Gasteiger partial charge in [-0.1, -0.05) is 30.7 Å². The average Bonchev–Trinajstić information content (AvgIpc) is 2.18. The number of aliphatic hydroxyl groups excluding tert-OH is 1. The maximum Gasteiger partial charge on any atom is 0.0914 e. The van der Waals surface area contributed by atoms with E-state index >= 15 is 0 Å².